The van der Waals surface area contributed by atoms with Gasteiger partial charge in [-0.05, 0) is 31.1 Å². The first-order valence-electron chi connectivity index (χ1n) is 11.0. The van der Waals surface area contributed by atoms with Crippen LogP contribution in [0.3, 0.4) is 0 Å². The average Bonchev–Trinajstić information content (AvgIpc) is 3.29. The monoisotopic (exact) mass is 527 g/mol. The third kappa shape index (κ3) is 5.44. The highest BCUT2D eigenvalue weighted by molar-refractivity contribution is 8.00. The average molecular weight is 528 g/mol. The summed E-state index contributed by atoms with van der Waals surface area (Å²) < 4.78 is 5.47. The summed E-state index contributed by atoms with van der Waals surface area (Å²) in [5.74, 6) is -1.14. The van der Waals surface area contributed by atoms with Crippen LogP contribution in [0.2, 0.25) is 0 Å². The van der Waals surface area contributed by atoms with Crippen LogP contribution in [-0.4, -0.2) is 64.3 Å². The molecule has 3 N–H and O–H groups in total. The van der Waals surface area contributed by atoms with Gasteiger partial charge >= 0.3 is 5.97 Å². The zero-order valence-corrected chi connectivity index (χ0v) is 21.5. The first-order chi connectivity index (χ1) is 17.3. The van der Waals surface area contributed by atoms with Gasteiger partial charge in [-0.2, -0.15) is 0 Å². The van der Waals surface area contributed by atoms with Crippen molar-refractivity contribution in [3.8, 4) is 0 Å². The molecule has 4 rings (SSSR count). The molecule has 1 fully saturated rings. The number of nitrogens with one attached hydrogen (secondary N) is 1. The Balaban J connectivity index is 1.38. The van der Waals surface area contributed by atoms with E-state index in [1.165, 1.54) is 23.8 Å². The minimum atomic E-state index is -0.833. The molecule has 3 heterocycles. The first kappa shape index (κ1) is 25.5. The fourth-order valence-electron chi connectivity index (χ4n) is 3.77. The lowest BCUT2D eigenvalue weighted by atomic mass is 10.0. The van der Waals surface area contributed by atoms with E-state index in [-0.39, 0.29) is 28.8 Å². The van der Waals surface area contributed by atoms with Crippen LogP contribution < -0.4 is 11.1 Å². The predicted octanol–water partition coefficient (Wildman–Crippen LogP) is 2.31. The molecule has 10 nitrogen and oxygen atoms in total. The molecule has 0 saturated carbocycles. The van der Waals surface area contributed by atoms with E-state index in [1.807, 2.05) is 44.2 Å². The summed E-state index contributed by atoms with van der Waals surface area (Å²) in [5, 5.41) is 7.81. The number of benzene rings is 1. The van der Waals surface area contributed by atoms with E-state index in [1.54, 1.807) is 11.5 Å². The van der Waals surface area contributed by atoms with Gasteiger partial charge in [0.05, 0.1) is 0 Å². The number of rotatable bonds is 8. The van der Waals surface area contributed by atoms with E-state index in [4.69, 9.17) is 15.3 Å². The van der Waals surface area contributed by atoms with E-state index in [9.17, 15) is 14.4 Å². The Hall–Kier alpha value is -3.64. The molecule has 1 aromatic heterocycles. The molecule has 0 radical (unpaired) electrons. The summed E-state index contributed by atoms with van der Waals surface area (Å²) in [6.45, 7) is 3.98. The molecule has 2 aliphatic heterocycles. The third-order valence-electron chi connectivity index (χ3n) is 5.39. The molecule has 0 aliphatic carbocycles. The van der Waals surface area contributed by atoms with E-state index in [0.29, 0.717) is 5.75 Å². The fourth-order valence-corrected chi connectivity index (χ4v) is 5.51. The van der Waals surface area contributed by atoms with Gasteiger partial charge in [-0.3, -0.25) is 14.5 Å². The molecule has 36 heavy (non-hydrogen) atoms. The number of ether oxygens (including phenoxy) is 1. The number of amides is 2. The van der Waals surface area contributed by atoms with Crippen molar-refractivity contribution in [2.75, 3.05) is 25.2 Å². The number of oxime groups is 1. The maximum atomic E-state index is 12.9. The molecule has 12 heteroatoms. The predicted molar refractivity (Wildman–Crippen MR) is 139 cm³/mol. The number of nitrogens with two attached hydrogens (primary N) is 1. The number of aryl methyl sites for hydroxylation is 1. The molecule has 2 atom stereocenters. The first-order valence-corrected chi connectivity index (χ1v) is 12.9. The zero-order chi connectivity index (χ0) is 25.8. The summed E-state index contributed by atoms with van der Waals surface area (Å²) in [7, 11) is 1.30. The summed E-state index contributed by atoms with van der Waals surface area (Å²) in [4.78, 5) is 48.7. The number of nitrogens with zero attached hydrogens (tertiary/aromatic N) is 3. The molecule has 2 aromatic rings. The minimum Gasteiger partial charge on any atom is -0.457 e. The van der Waals surface area contributed by atoms with E-state index >= 15 is 0 Å². The maximum absolute atomic E-state index is 12.9. The number of aromatic nitrogens is 1. The second-order valence-electron chi connectivity index (χ2n) is 8.15. The van der Waals surface area contributed by atoms with Crippen molar-refractivity contribution in [3.05, 3.63) is 63.8 Å². The summed E-state index contributed by atoms with van der Waals surface area (Å²) in [6, 6.07) is 7.15. The number of carbonyl (C=O) groups excluding carboxylic acids is 3. The number of thiazole rings is 1. The topological polar surface area (TPSA) is 136 Å². The lowest BCUT2D eigenvalue weighted by Crippen LogP contribution is -2.70. The number of fused-ring (bicyclic) bond motifs is 1. The van der Waals surface area contributed by atoms with Crippen LogP contribution in [0.5, 0.6) is 0 Å². The summed E-state index contributed by atoms with van der Waals surface area (Å²) >= 11 is 2.58. The fraction of sp³-hybridized carbons (Fsp3) is 0.292. The van der Waals surface area contributed by atoms with Crippen LogP contribution in [0, 0.1) is 6.92 Å². The van der Waals surface area contributed by atoms with Crippen LogP contribution in [0.15, 0.2) is 52.1 Å². The van der Waals surface area contributed by atoms with Crippen LogP contribution in [0.25, 0.3) is 6.08 Å². The van der Waals surface area contributed by atoms with Gasteiger partial charge in [0, 0.05) is 11.1 Å². The number of β-lactam (4-membered cyclic amide) rings is 1. The molecule has 1 unspecified atom stereocenters. The van der Waals surface area contributed by atoms with Crippen LogP contribution in [-0.2, 0) is 24.0 Å². The van der Waals surface area contributed by atoms with E-state index in [0.717, 1.165) is 28.0 Å². The SMILES string of the molecule is CO/N=C(\C(=O)NC1C(=O)N2C(C(=O)OC/C(C)=C/c3cccc(C)c3)=CCS[C@H]12)c1csc(N)n1. The Morgan fingerprint density at radius 2 is 2.19 bits per heavy atom. The number of hydrogen-bond donors (Lipinski definition) is 2. The van der Waals surface area contributed by atoms with Crippen molar-refractivity contribution in [1.29, 1.82) is 0 Å². The smallest absolute Gasteiger partial charge is 0.355 e. The highest BCUT2D eigenvalue weighted by atomic mass is 32.2. The van der Waals surface area contributed by atoms with Crippen LogP contribution in [0.4, 0.5) is 5.13 Å². The lowest BCUT2D eigenvalue weighted by Gasteiger charge is -2.48. The van der Waals surface area contributed by atoms with Crippen molar-refractivity contribution in [2.45, 2.75) is 25.3 Å². The molecule has 2 amide bonds. The number of carbonyl (C=O) groups is 3. The number of thioether (sulfide) groups is 1. The van der Waals surface area contributed by atoms with Gasteiger partial charge in [-0.1, -0.05) is 41.1 Å². The van der Waals surface area contributed by atoms with Crippen molar-refractivity contribution in [1.82, 2.24) is 15.2 Å². The van der Waals surface area contributed by atoms with Gasteiger partial charge in [-0.15, -0.1) is 23.1 Å². The quantitative estimate of drug-likeness (QED) is 0.231. The maximum Gasteiger partial charge on any atom is 0.355 e. The van der Waals surface area contributed by atoms with Crippen molar-refractivity contribution in [2.24, 2.45) is 5.16 Å². The van der Waals surface area contributed by atoms with Crippen molar-refractivity contribution in [3.63, 3.8) is 0 Å². The number of esters is 1. The highest BCUT2D eigenvalue weighted by Gasteiger charge is 2.53. The second-order valence-corrected chi connectivity index (χ2v) is 10.2. The molecule has 0 spiro atoms. The van der Waals surface area contributed by atoms with Gasteiger partial charge in [0.15, 0.2) is 10.8 Å². The van der Waals surface area contributed by atoms with Gasteiger partial charge in [0.25, 0.3) is 11.8 Å². The summed E-state index contributed by atoms with van der Waals surface area (Å²) in [5.41, 5.74) is 9.00. The van der Waals surface area contributed by atoms with Crippen molar-refractivity contribution >= 4 is 57.8 Å². The Bertz CT molecular complexity index is 1290. The van der Waals surface area contributed by atoms with Crippen LogP contribution >= 0.6 is 23.1 Å². The number of anilines is 1. The Kier molecular flexibility index (Phi) is 7.75. The van der Waals surface area contributed by atoms with Gasteiger partial charge in [-0.25, -0.2) is 9.78 Å². The largest absolute Gasteiger partial charge is 0.457 e. The molecule has 0 bridgehead atoms. The van der Waals surface area contributed by atoms with Gasteiger partial charge in [0.1, 0.15) is 36.5 Å². The Labute approximate surface area is 216 Å². The molecule has 188 valence electrons. The standard InChI is InChI=1S/C24H25N5O5S2/c1-13-5-4-6-15(9-13)10-14(2)11-34-23(32)17-7-8-35-22-19(21(31)29(17)22)27-20(30)18(28-33-3)16-12-36-24(25)26-16/h4-7,9-10,12,19,22H,8,11H2,1-3H3,(H2,25,26)(H,27,30)/b14-10+,28-18-/t19?,22-/m1/s1. The van der Waals surface area contributed by atoms with E-state index < -0.39 is 29.2 Å². The highest BCUT2D eigenvalue weighted by Crippen LogP contribution is 2.38. The molecule has 1 saturated heterocycles. The molecular weight excluding hydrogens is 502 g/mol. The lowest BCUT2D eigenvalue weighted by molar-refractivity contribution is -0.152. The Morgan fingerprint density at radius 1 is 1.39 bits per heavy atom. The van der Waals surface area contributed by atoms with Gasteiger partial charge in [0.2, 0.25) is 0 Å². The van der Waals surface area contributed by atoms with Crippen molar-refractivity contribution < 1.29 is 24.0 Å². The number of hydrogen-bond acceptors (Lipinski definition) is 10. The molecule has 1 aromatic carbocycles. The normalized spacial score (nSPS) is 19.7. The Morgan fingerprint density at radius 3 is 2.89 bits per heavy atom. The zero-order valence-electron chi connectivity index (χ0n) is 19.9. The van der Waals surface area contributed by atoms with Gasteiger partial charge < -0.3 is 20.6 Å². The third-order valence-corrected chi connectivity index (χ3v) is 7.25. The number of nitrogen functional groups attached to an aromatic ring is 1. The van der Waals surface area contributed by atoms with E-state index in [2.05, 4.69) is 15.5 Å². The summed E-state index contributed by atoms with van der Waals surface area (Å²) in [6.07, 6.45) is 3.61. The minimum absolute atomic E-state index is 0.0939. The molecule has 2 aliphatic rings. The second kappa shape index (κ2) is 11.0. The molecular formula is C24H25N5O5S2. The van der Waals surface area contributed by atoms with Crippen LogP contribution in [0.1, 0.15) is 23.7 Å².